The fourth-order valence-corrected chi connectivity index (χ4v) is 2.33. The highest BCUT2D eigenvalue weighted by Crippen LogP contribution is 2.48. The average Bonchev–Trinajstić information content (AvgIpc) is 2.83. The minimum atomic E-state index is -0.331. The first kappa shape index (κ1) is 12.9. The zero-order valence-corrected chi connectivity index (χ0v) is 10.6. The van der Waals surface area contributed by atoms with Gasteiger partial charge in [-0.3, -0.25) is 0 Å². The van der Waals surface area contributed by atoms with Crippen molar-refractivity contribution in [2.75, 3.05) is 0 Å². The summed E-state index contributed by atoms with van der Waals surface area (Å²) in [5.41, 5.74) is -0.602. The van der Waals surface area contributed by atoms with Gasteiger partial charge in [0, 0.05) is 0 Å². The number of hydrogen-bond acceptors (Lipinski definition) is 6. The molecule has 0 N–H and O–H groups in total. The molecule has 0 spiro atoms. The van der Waals surface area contributed by atoms with Crippen LogP contribution in [-0.2, 0) is 0 Å². The van der Waals surface area contributed by atoms with E-state index in [9.17, 15) is 9.81 Å². The maximum absolute atomic E-state index is 10.7. The lowest BCUT2D eigenvalue weighted by Gasteiger charge is -2.10. The molecule has 0 fully saturated rings. The summed E-state index contributed by atoms with van der Waals surface area (Å²) in [6.07, 6.45) is 2.51. The number of hydrogen-bond donors (Lipinski definition) is 0. The first-order chi connectivity index (χ1) is 8.61. The van der Waals surface area contributed by atoms with Gasteiger partial charge in [0.25, 0.3) is 0 Å². The summed E-state index contributed by atoms with van der Waals surface area (Å²) >= 11 is 17.6. The van der Waals surface area contributed by atoms with Gasteiger partial charge >= 0.3 is 0 Å². The Morgan fingerprint density at radius 2 is 1.56 bits per heavy atom. The Bertz CT molecular complexity index is 593. The minimum Gasteiger partial charge on any atom is -0.223 e. The molecule has 0 atom stereocenters. The third kappa shape index (κ3) is 1.86. The SMILES string of the molecule is O=Nc1c(Cl)c(N=O)c(Cl)c(-n2cncn2)c1Cl. The molecule has 1 aromatic carbocycles. The lowest BCUT2D eigenvalue weighted by molar-refractivity contribution is 0.879. The molecule has 0 saturated carbocycles. The van der Waals surface area contributed by atoms with Crippen LogP contribution in [0.3, 0.4) is 0 Å². The quantitative estimate of drug-likeness (QED) is 0.801. The van der Waals surface area contributed by atoms with Crippen molar-refractivity contribution in [2.24, 2.45) is 10.4 Å². The van der Waals surface area contributed by atoms with E-state index in [-0.39, 0.29) is 32.1 Å². The number of benzene rings is 1. The van der Waals surface area contributed by atoms with E-state index in [4.69, 9.17) is 34.8 Å². The van der Waals surface area contributed by atoms with Crippen LogP contribution in [0.2, 0.25) is 15.1 Å². The van der Waals surface area contributed by atoms with Gasteiger partial charge in [-0.1, -0.05) is 34.8 Å². The summed E-state index contributed by atoms with van der Waals surface area (Å²) in [5.74, 6) is 0. The monoisotopic (exact) mass is 305 g/mol. The molecule has 2 rings (SSSR count). The van der Waals surface area contributed by atoms with Crippen molar-refractivity contribution in [2.45, 2.75) is 0 Å². The molecule has 1 heterocycles. The van der Waals surface area contributed by atoms with E-state index in [2.05, 4.69) is 20.4 Å². The van der Waals surface area contributed by atoms with E-state index < -0.39 is 0 Å². The number of nitrogens with zero attached hydrogens (tertiary/aromatic N) is 5. The third-order valence-electron chi connectivity index (χ3n) is 2.08. The second-order valence-electron chi connectivity index (χ2n) is 3.01. The lowest BCUT2D eigenvalue weighted by Crippen LogP contribution is -1.97. The summed E-state index contributed by atoms with van der Waals surface area (Å²) in [7, 11) is 0. The van der Waals surface area contributed by atoms with Crippen LogP contribution in [0.1, 0.15) is 0 Å². The van der Waals surface area contributed by atoms with Crippen molar-refractivity contribution in [3.63, 3.8) is 0 Å². The van der Waals surface area contributed by atoms with Crippen LogP contribution in [0.4, 0.5) is 11.4 Å². The predicted octanol–water partition coefficient (Wildman–Crippen LogP) is 4.02. The Labute approximate surface area is 115 Å². The van der Waals surface area contributed by atoms with Gasteiger partial charge in [-0.15, -0.1) is 9.81 Å². The van der Waals surface area contributed by atoms with E-state index in [0.29, 0.717) is 0 Å². The van der Waals surface area contributed by atoms with Crippen LogP contribution in [0, 0.1) is 9.81 Å². The van der Waals surface area contributed by atoms with Crippen LogP contribution in [0.15, 0.2) is 23.0 Å². The normalized spacial score (nSPS) is 10.4. The van der Waals surface area contributed by atoms with Crippen LogP contribution < -0.4 is 0 Å². The molecule has 1 aromatic heterocycles. The molecule has 0 aliphatic rings. The maximum Gasteiger partial charge on any atom is 0.149 e. The van der Waals surface area contributed by atoms with Crippen molar-refractivity contribution in [3.8, 4) is 5.69 Å². The largest absolute Gasteiger partial charge is 0.223 e. The highest BCUT2D eigenvalue weighted by Gasteiger charge is 2.24. The maximum atomic E-state index is 10.7. The van der Waals surface area contributed by atoms with E-state index in [1.165, 1.54) is 17.3 Å². The van der Waals surface area contributed by atoms with E-state index in [1.807, 2.05) is 0 Å². The van der Waals surface area contributed by atoms with Gasteiger partial charge in [0.1, 0.15) is 34.7 Å². The Balaban J connectivity index is 2.89. The summed E-state index contributed by atoms with van der Waals surface area (Å²) in [4.78, 5) is 25.1. The van der Waals surface area contributed by atoms with Crippen molar-refractivity contribution in [1.29, 1.82) is 0 Å². The third-order valence-corrected chi connectivity index (χ3v) is 3.15. The van der Waals surface area contributed by atoms with Gasteiger partial charge in [-0.2, -0.15) is 5.10 Å². The number of halogens is 3. The first-order valence-corrected chi connectivity index (χ1v) is 5.47. The average molecular weight is 306 g/mol. The molecule has 0 bridgehead atoms. The zero-order valence-electron chi connectivity index (χ0n) is 8.34. The summed E-state index contributed by atoms with van der Waals surface area (Å²) < 4.78 is 1.17. The first-order valence-electron chi connectivity index (χ1n) is 4.34. The molecule has 0 aliphatic carbocycles. The number of rotatable bonds is 3. The molecule has 0 radical (unpaired) electrons. The van der Waals surface area contributed by atoms with Gasteiger partial charge in [0.05, 0.1) is 10.0 Å². The van der Waals surface area contributed by atoms with Gasteiger partial charge < -0.3 is 0 Å². The van der Waals surface area contributed by atoms with Crippen LogP contribution in [-0.4, -0.2) is 14.8 Å². The number of aromatic nitrogens is 3. The van der Waals surface area contributed by atoms with Crippen molar-refractivity contribution < 1.29 is 0 Å². The second-order valence-corrected chi connectivity index (χ2v) is 4.14. The summed E-state index contributed by atoms with van der Waals surface area (Å²) in [6, 6.07) is 0. The Kier molecular flexibility index (Phi) is 3.55. The van der Waals surface area contributed by atoms with Gasteiger partial charge in [0.2, 0.25) is 0 Å². The van der Waals surface area contributed by atoms with Crippen LogP contribution in [0.5, 0.6) is 0 Å². The Morgan fingerprint density at radius 3 is 1.94 bits per heavy atom. The molecule has 0 aliphatic heterocycles. The summed E-state index contributed by atoms with van der Waals surface area (Å²) in [5, 5.41) is 8.52. The Morgan fingerprint density at radius 1 is 1.00 bits per heavy atom. The van der Waals surface area contributed by atoms with E-state index in [0.717, 1.165) is 0 Å². The molecular formula is C8H2Cl3N5O2. The molecule has 0 unspecified atom stereocenters. The van der Waals surface area contributed by atoms with Gasteiger partial charge in [0.15, 0.2) is 0 Å². The molecule has 92 valence electrons. The minimum absolute atomic E-state index is 0.0597. The molecular weight excluding hydrogens is 304 g/mol. The summed E-state index contributed by atoms with van der Waals surface area (Å²) in [6.45, 7) is 0. The lowest BCUT2D eigenvalue weighted by atomic mass is 10.2. The van der Waals surface area contributed by atoms with Crippen LogP contribution >= 0.6 is 34.8 Å². The highest BCUT2D eigenvalue weighted by molar-refractivity contribution is 6.46. The van der Waals surface area contributed by atoms with Gasteiger partial charge in [-0.25, -0.2) is 9.67 Å². The smallest absolute Gasteiger partial charge is 0.149 e. The molecule has 2 aromatic rings. The molecule has 0 saturated heterocycles. The van der Waals surface area contributed by atoms with E-state index in [1.54, 1.807) is 0 Å². The molecule has 0 amide bonds. The Hall–Kier alpha value is -1.57. The molecule has 18 heavy (non-hydrogen) atoms. The second kappa shape index (κ2) is 4.97. The molecule has 7 nitrogen and oxygen atoms in total. The van der Waals surface area contributed by atoms with Gasteiger partial charge in [-0.05, 0) is 10.4 Å². The van der Waals surface area contributed by atoms with Crippen LogP contribution in [0.25, 0.3) is 5.69 Å². The van der Waals surface area contributed by atoms with Crippen molar-refractivity contribution in [1.82, 2.24) is 14.8 Å². The molecule has 10 heteroatoms. The number of nitroso groups, excluding NO2 is 2. The highest BCUT2D eigenvalue weighted by atomic mass is 35.5. The van der Waals surface area contributed by atoms with Crippen molar-refractivity contribution in [3.05, 3.63) is 37.5 Å². The van der Waals surface area contributed by atoms with Crippen molar-refractivity contribution >= 4 is 46.2 Å². The fraction of sp³-hybridized carbons (Fsp3) is 0. The van der Waals surface area contributed by atoms with E-state index >= 15 is 0 Å². The zero-order chi connectivity index (χ0) is 13.3. The predicted molar refractivity (Wildman–Crippen MR) is 67.3 cm³/mol. The standard InChI is InChI=1S/C8H2Cl3N5O2/c9-3-6(14-17)4(10)8(5(11)7(3)15-18)16-2-12-1-13-16/h1-2H. The topological polar surface area (TPSA) is 89.6 Å². The fourth-order valence-electron chi connectivity index (χ4n) is 1.31.